The second-order valence-electron chi connectivity index (χ2n) is 13.7. The van der Waals surface area contributed by atoms with Crippen LogP contribution in [0.25, 0.3) is 0 Å². The smallest absolute Gasteiger partial charge is 0.337 e. The van der Waals surface area contributed by atoms with Gasteiger partial charge in [0.2, 0.25) is 0 Å². The van der Waals surface area contributed by atoms with E-state index in [0.717, 1.165) is 74.0 Å². The average molecular weight is 1100 g/mol. The Bertz CT molecular complexity index is 2010. The van der Waals surface area contributed by atoms with E-state index in [9.17, 15) is 0 Å². The molecular formula is C40H50Cl2HgN12O8. The molecule has 7 aromatic rings. The molecule has 0 spiro atoms. The number of rotatable bonds is 12. The number of nitrogens with zero attached hydrogens (tertiary/aromatic N) is 12. The van der Waals surface area contributed by atoms with Crippen LogP contribution in [0.5, 0.6) is 0 Å². The normalized spacial score (nSPS) is 10.9. The third-order valence-electron chi connectivity index (χ3n) is 8.59. The summed E-state index contributed by atoms with van der Waals surface area (Å²) in [5, 5.41) is 0. The molecule has 0 unspecified atom stereocenters. The van der Waals surface area contributed by atoms with Crippen molar-refractivity contribution in [2.45, 2.75) is 53.1 Å². The van der Waals surface area contributed by atoms with E-state index < -0.39 is 20.5 Å². The minimum Gasteiger partial charge on any atom is -0.337 e. The van der Waals surface area contributed by atoms with Crippen LogP contribution >= 0.6 is 0 Å². The van der Waals surface area contributed by atoms with Crippen LogP contribution in [0.3, 0.4) is 0 Å². The predicted molar refractivity (Wildman–Crippen MR) is 203 cm³/mol. The third kappa shape index (κ3) is 24.2. The fourth-order valence-electron chi connectivity index (χ4n) is 5.41. The summed E-state index contributed by atoms with van der Waals surface area (Å²) in [4.78, 5) is 31.1. The summed E-state index contributed by atoms with van der Waals surface area (Å²) < 4.78 is 76.1. The first-order valence-corrected chi connectivity index (χ1v) is 21.1. The quantitative estimate of drug-likeness (QED) is 0.106. The number of aromatic nitrogens is 10. The second kappa shape index (κ2) is 27.6. The Morgan fingerprint density at radius 3 is 0.841 bits per heavy atom. The molecule has 1 aromatic carbocycles. The minimum atomic E-state index is -4.94. The molecule has 63 heavy (non-hydrogen) atoms. The fraction of sp³-hybridized carbons (Fsp3) is 0.300. The number of halogens is 2. The van der Waals surface area contributed by atoms with Gasteiger partial charge in [-0.3, -0.25) is 19.8 Å². The summed E-state index contributed by atoms with van der Waals surface area (Å²) in [5.74, 6) is 4.13. The van der Waals surface area contributed by atoms with Gasteiger partial charge < -0.3 is 18.3 Å². The Labute approximate surface area is 391 Å². The van der Waals surface area contributed by atoms with Crippen LogP contribution in [-0.2, 0) is 95.1 Å². The van der Waals surface area contributed by atoms with E-state index >= 15 is 0 Å². The molecule has 334 valence electrons. The average Bonchev–Trinajstić information content (AvgIpc) is 4.00. The van der Waals surface area contributed by atoms with Gasteiger partial charge in [0.15, 0.2) is 0 Å². The summed E-state index contributed by atoms with van der Waals surface area (Å²) in [7, 11) is -1.83. The van der Waals surface area contributed by atoms with Gasteiger partial charge in [-0.05, 0) is 38.1 Å². The van der Waals surface area contributed by atoms with Crippen LogP contribution in [0.15, 0.2) is 123 Å². The third-order valence-corrected chi connectivity index (χ3v) is 8.59. The molecule has 20 nitrogen and oxygen atoms in total. The van der Waals surface area contributed by atoms with E-state index in [-0.39, 0.29) is 27.7 Å². The summed E-state index contributed by atoms with van der Waals surface area (Å²) in [5.41, 5.74) is 4.75. The van der Waals surface area contributed by atoms with Crippen molar-refractivity contribution in [3.8, 4) is 0 Å². The van der Waals surface area contributed by atoms with Crippen LogP contribution in [-0.4, -0.2) is 58.0 Å². The van der Waals surface area contributed by atoms with E-state index in [1.807, 2.05) is 145 Å². The Morgan fingerprint density at radius 1 is 0.397 bits per heavy atom. The van der Waals surface area contributed by atoms with Crippen molar-refractivity contribution in [2.75, 3.05) is 0 Å². The van der Waals surface area contributed by atoms with Crippen LogP contribution in [0.1, 0.15) is 45.8 Å². The molecule has 0 saturated carbocycles. The largest absolute Gasteiger partial charge is 2.00 e. The summed E-state index contributed by atoms with van der Waals surface area (Å²) in [6, 6.07) is 20.5. The first kappa shape index (κ1) is 54.6. The van der Waals surface area contributed by atoms with Crippen LogP contribution in [0.2, 0.25) is 0 Å². The molecule has 6 aromatic heterocycles. The van der Waals surface area contributed by atoms with Gasteiger partial charge in [-0.1, -0.05) is 47.5 Å². The molecule has 0 radical (unpaired) electrons. The van der Waals surface area contributed by atoms with Gasteiger partial charge in [0.05, 0.1) is 37.6 Å². The maximum atomic E-state index is 8.49. The number of hydrogen-bond donors (Lipinski definition) is 0. The maximum absolute atomic E-state index is 8.49. The molecule has 6 heterocycles. The molecule has 0 aliphatic rings. The standard InChI is InChI=1S/2C16H20N6.C8H10.2ClHO4.Hg/c2*1-20-9-7-18-15(20)12-22(11-14-5-3-4-6-17-14)13-16-19-8-10-21(16)2;1-7-3-5-8(2)6-4-7;2*2-1(3,4)5;/h2*3-10H,11-13H2,1-2H3;3-6H,1-2H3;2*(H,2,3,4,5);/q;;;;;+2/p-2. The summed E-state index contributed by atoms with van der Waals surface area (Å²) in [6.07, 6.45) is 18.8. The zero-order valence-electron chi connectivity index (χ0n) is 35.9. The SMILES string of the molecule is Cc1ccc(C)cc1.Cn1ccnc1CN(Cc1ccccn1)Cc1nccn1C.Cn1ccnc1CN(Cc1ccccn1)Cc1nccn1C.[Hg+2].[O-][Cl+3]([O-])([O-])[O-].[O-][Cl+3]([O-])([O-])[O-]. The van der Waals surface area contributed by atoms with Crippen LogP contribution < -0.4 is 37.3 Å². The van der Waals surface area contributed by atoms with Crippen molar-refractivity contribution in [1.82, 2.24) is 58.0 Å². The monoisotopic (exact) mass is 1100 g/mol. The van der Waals surface area contributed by atoms with E-state index in [0.29, 0.717) is 0 Å². The fourth-order valence-corrected chi connectivity index (χ4v) is 5.41. The Morgan fingerprint density at radius 2 is 0.651 bits per heavy atom. The molecule has 0 aliphatic carbocycles. The Hall–Kier alpha value is -4.52. The van der Waals surface area contributed by atoms with Crippen molar-refractivity contribution in [1.29, 1.82) is 0 Å². The topological polar surface area (TPSA) is 288 Å². The molecule has 0 fully saturated rings. The second-order valence-corrected chi connectivity index (χ2v) is 15.2. The van der Waals surface area contributed by atoms with Gasteiger partial charge in [0.25, 0.3) is 0 Å². The molecule has 0 aliphatic heterocycles. The zero-order valence-corrected chi connectivity index (χ0v) is 42.9. The van der Waals surface area contributed by atoms with E-state index in [1.165, 1.54) is 11.1 Å². The maximum Gasteiger partial charge on any atom is 2.00 e. The van der Waals surface area contributed by atoms with Crippen molar-refractivity contribution in [3.05, 3.63) is 168 Å². The predicted octanol–water partition coefficient (Wildman–Crippen LogP) is -3.71. The van der Waals surface area contributed by atoms with Crippen molar-refractivity contribution >= 4 is 0 Å². The van der Waals surface area contributed by atoms with E-state index in [4.69, 9.17) is 37.3 Å². The number of aryl methyl sites for hydroxylation is 6. The van der Waals surface area contributed by atoms with Gasteiger partial charge in [0.1, 0.15) is 23.3 Å². The zero-order chi connectivity index (χ0) is 45.7. The number of benzene rings is 1. The van der Waals surface area contributed by atoms with Crippen molar-refractivity contribution in [2.24, 2.45) is 28.2 Å². The molecule has 0 bridgehead atoms. The number of hydrogen-bond acceptors (Lipinski definition) is 16. The Balaban J connectivity index is 0.000000310. The molecule has 23 heteroatoms. The molecule has 0 amide bonds. The minimum absolute atomic E-state index is 0. The Kier molecular flexibility index (Phi) is 23.9. The van der Waals surface area contributed by atoms with E-state index in [2.05, 4.69) is 77.8 Å². The van der Waals surface area contributed by atoms with Crippen LogP contribution in [0.4, 0.5) is 0 Å². The van der Waals surface area contributed by atoms with Gasteiger partial charge in [0, 0.05) is 103 Å². The summed E-state index contributed by atoms with van der Waals surface area (Å²) >= 11 is 0. The number of pyridine rings is 2. The summed E-state index contributed by atoms with van der Waals surface area (Å²) in [6.45, 7) is 8.75. The number of imidazole rings is 4. The molecule has 7 rings (SSSR count). The van der Waals surface area contributed by atoms with Gasteiger partial charge in [-0.2, -0.15) is 0 Å². The first-order chi connectivity index (χ1) is 29.2. The van der Waals surface area contributed by atoms with Gasteiger partial charge in [-0.15, -0.1) is 20.5 Å². The van der Waals surface area contributed by atoms with Crippen molar-refractivity contribution < 1.29 is 85.4 Å². The molecular weight excluding hydrogens is 1050 g/mol. The van der Waals surface area contributed by atoms with Gasteiger partial charge in [-0.25, -0.2) is 57.2 Å². The molecule has 0 atom stereocenters. The first-order valence-electron chi connectivity index (χ1n) is 18.6. The van der Waals surface area contributed by atoms with Crippen LogP contribution in [0, 0.1) is 34.3 Å². The van der Waals surface area contributed by atoms with Gasteiger partial charge >= 0.3 is 27.7 Å². The molecule has 0 saturated heterocycles. The molecule has 0 N–H and O–H groups in total. The van der Waals surface area contributed by atoms with Crippen molar-refractivity contribution in [3.63, 3.8) is 0 Å². The van der Waals surface area contributed by atoms with E-state index in [1.54, 1.807) is 0 Å².